The van der Waals surface area contributed by atoms with E-state index in [0.29, 0.717) is 54.1 Å². The number of halogens is 1. The van der Waals surface area contributed by atoms with Crippen LogP contribution in [0.25, 0.3) is 16.8 Å². The number of likely N-dealkylation sites (N-methyl/N-ethyl adjacent to an activating group) is 1. The van der Waals surface area contributed by atoms with Crippen LogP contribution in [0.1, 0.15) is 45.7 Å². The summed E-state index contributed by atoms with van der Waals surface area (Å²) >= 11 is 0. The lowest BCUT2D eigenvalue weighted by molar-refractivity contribution is -0.0777. The van der Waals surface area contributed by atoms with Crippen LogP contribution < -0.4 is 10.3 Å². The summed E-state index contributed by atoms with van der Waals surface area (Å²) in [6.07, 6.45) is 4.25. The first kappa shape index (κ1) is 31.7. The van der Waals surface area contributed by atoms with Crippen molar-refractivity contribution in [2.24, 2.45) is 0 Å². The molecule has 0 radical (unpaired) electrons. The monoisotopic (exact) mass is 635 g/mol. The molecule has 0 N–H and O–H groups in total. The standard InChI is InChI=1S/C36H34FN5O5/c1-40(18-16-26-9-5-6-17-39-26)23-31-33(24-12-14-27(45-2)15-13-24)28(20-38)34-41(21-25-8-3-4-10-30(25)37)22-29(35(43)42(31)34)36(44)47-32-11-7-19-46-32/h3-6,8-10,12-15,17,22,32H,7,11,16,18-19,21,23H2,1-2H3. The molecule has 3 aromatic heterocycles. The number of pyridine rings is 1. The van der Waals surface area contributed by atoms with Crippen molar-refractivity contribution in [3.63, 3.8) is 0 Å². The van der Waals surface area contributed by atoms with Gasteiger partial charge in [-0.25, -0.2) is 9.18 Å². The van der Waals surface area contributed by atoms with Gasteiger partial charge in [-0.3, -0.25) is 14.2 Å². The Morgan fingerprint density at radius 3 is 2.62 bits per heavy atom. The summed E-state index contributed by atoms with van der Waals surface area (Å²) in [5.41, 5.74) is 2.52. The van der Waals surface area contributed by atoms with Crippen LogP contribution in [0, 0.1) is 17.1 Å². The number of fused-ring (bicyclic) bond motifs is 1. The van der Waals surface area contributed by atoms with E-state index in [-0.39, 0.29) is 29.9 Å². The molecule has 1 unspecified atom stereocenters. The number of hydrogen-bond acceptors (Lipinski definition) is 8. The lowest BCUT2D eigenvalue weighted by Gasteiger charge is -2.19. The van der Waals surface area contributed by atoms with Gasteiger partial charge in [-0.05, 0) is 49.4 Å². The van der Waals surface area contributed by atoms with Gasteiger partial charge in [-0.1, -0.05) is 36.4 Å². The van der Waals surface area contributed by atoms with Crippen LogP contribution in [0.3, 0.4) is 0 Å². The third-order valence-electron chi connectivity index (χ3n) is 8.27. The SMILES string of the molecule is COc1ccc(-c2c(C#N)c3n(Cc4ccccc4F)cc(C(=O)OC4CCCO4)c(=O)n3c2CN(C)CCc2ccccn2)cc1. The molecule has 0 aliphatic carbocycles. The minimum absolute atomic E-state index is 0.0492. The Labute approximate surface area is 271 Å². The van der Waals surface area contributed by atoms with Gasteiger partial charge >= 0.3 is 5.97 Å². The molecule has 1 aliphatic heterocycles. The van der Waals surface area contributed by atoms with Gasteiger partial charge < -0.3 is 23.7 Å². The number of esters is 1. The van der Waals surface area contributed by atoms with Gasteiger partial charge in [0.2, 0.25) is 6.29 Å². The minimum Gasteiger partial charge on any atom is -0.497 e. The van der Waals surface area contributed by atoms with Crippen LogP contribution in [-0.4, -0.2) is 58.4 Å². The zero-order chi connectivity index (χ0) is 32.9. The summed E-state index contributed by atoms with van der Waals surface area (Å²) in [7, 11) is 3.48. The molecule has 6 rings (SSSR count). The number of methoxy groups -OCH3 is 1. The van der Waals surface area contributed by atoms with Crippen LogP contribution in [-0.2, 0) is 29.0 Å². The molecule has 0 bridgehead atoms. The molecule has 1 aliphatic rings. The predicted octanol–water partition coefficient (Wildman–Crippen LogP) is 5.20. The number of ether oxygens (including phenoxy) is 3. The number of aromatic nitrogens is 3. The molecular formula is C36H34FN5O5. The maximum atomic E-state index is 15.0. The number of hydrogen-bond donors (Lipinski definition) is 0. The molecule has 11 heteroatoms. The molecule has 0 amide bonds. The van der Waals surface area contributed by atoms with E-state index in [1.165, 1.54) is 16.7 Å². The number of benzene rings is 2. The molecule has 0 saturated carbocycles. The second-order valence-electron chi connectivity index (χ2n) is 11.4. The maximum absolute atomic E-state index is 15.0. The number of nitriles is 1. The molecule has 10 nitrogen and oxygen atoms in total. The summed E-state index contributed by atoms with van der Waals surface area (Å²) in [4.78, 5) is 34.4. The summed E-state index contributed by atoms with van der Waals surface area (Å²) in [5.74, 6) is -0.676. The lowest BCUT2D eigenvalue weighted by atomic mass is 10.0. The van der Waals surface area contributed by atoms with Crippen molar-refractivity contribution in [1.29, 1.82) is 5.26 Å². The first-order chi connectivity index (χ1) is 22.9. The molecule has 1 atom stereocenters. The molecule has 2 aromatic carbocycles. The zero-order valence-electron chi connectivity index (χ0n) is 26.2. The van der Waals surface area contributed by atoms with E-state index in [1.54, 1.807) is 48.2 Å². The average molecular weight is 636 g/mol. The van der Waals surface area contributed by atoms with Gasteiger partial charge in [0.1, 0.15) is 34.4 Å². The van der Waals surface area contributed by atoms with Crippen LogP contribution in [0.15, 0.2) is 83.9 Å². The quantitative estimate of drug-likeness (QED) is 0.182. The Kier molecular flexibility index (Phi) is 9.42. The fourth-order valence-electron chi connectivity index (χ4n) is 5.90. The largest absolute Gasteiger partial charge is 0.497 e. The Hall–Kier alpha value is -5.31. The third kappa shape index (κ3) is 6.65. The van der Waals surface area contributed by atoms with Gasteiger partial charge in [0.25, 0.3) is 5.56 Å². The van der Waals surface area contributed by atoms with Gasteiger partial charge in [0, 0.05) is 55.1 Å². The fraction of sp³-hybridized carbons (Fsp3) is 0.278. The van der Waals surface area contributed by atoms with Crippen LogP contribution in [0.4, 0.5) is 4.39 Å². The van der Waals surface area contributed by atoms with Crippen LogP contribution in [0.2, 0.25) is 0 Å². The van der Waals surface area contributed by atoms with Gasteiger partial charge in [-0.15, -0.1) is 0 Å². The van der Waals surface area contributed by atoms with E-state index >= 15 is 4.39 Å². The van der Waals surface area contributed by atoms with Crippen molar-refractivity contribution in [2.45, 2.75) is 38.6 Å². The number of nitrogens with zero attached hydrogens (tertiary/aromatic N) is 5. The van der Waals surface area contributed by atoms with Crippen molar-refractivity contribution in [3.05, 3.63) is 123 Å². The Balaban J connectivity index is 1.56. The van der Waals surface area contributed by atoms with Crippen molar-refractivity contribution < 1.29 is 23.4 Å². The first-order valence-electron chi connectivity index (χ1n) is 15.4. The highest BCUT2D eigenvalue weighted by atomic mass is 19.1. The topological polar surface area (TPSA) is 111 Å². The van der Waals surface area contributed by atoms with E-state index in [1.807, 2.05) is 42.3 Å². The third-order valence-corrected chi connectivity index (χ3v) is 8.27. The van der Waals surface area contributed by atoms with Crippen molar-refractivity contribution in [1.82, 2.24) is 18.9 Å². The van der Waals surface area contributed by atoms with Crippen LogP contribution >= 0.6 is 0 Å². The molecule has 0 spiro atoms. The van der Waals surface area contributed by atoms with Gasteiger partial charge in [0.05, 0.1) is 26.0 Å². The number of carbonyl (C=O) groups is 1. The molecule has 4 heterocycles. The average Bonchev–Trinajstić information content (AvgIpc) is 3.72. The van der Waals surface area contributed by atoms with E-state index in [0.717, 1.165) is 12.1 Å². The summed E-state index contributed by atoms with van der Waals surface area (Å²) in [6.45, 7) is 1.25. The van der Waals surface area contributed by atoms with E-state index in [4.69, 9.17) is 14.2 Å². The summed E-state index contributed by atoms with van der Waals surface area (Å²) in [6, 6.07) is 21.5. The van der Waals surface area contributed by atoms with E-state index < -0.39 is 23.6 Å². The molecule has 240 valence electrons. The molecule has 5 aromatic rings. The zero-order valence-corrected chi connectivity index (χ0v) is 26.2. The second kappa shape index (κ2) is 14.0. The van der Waals surface area contributed by atoms with Gasteiger partial charge in [-0.2, -0.15) is 5.26 Å². The Morgan fingerprint density at radius 2 is 1.94 bits per heavy atom. The molecular weight excluding hydrogens is 601 g/mol. The highest BCUT2D eigenvalue weighted by Crippen LogP contribution is 2.35. The number of carbonyl (C=O) groups excluding carboxylic acids is 1. The summed E-state index contributed by atoms with van der Waals surface area (Å²) in [5, 5.41) is 10.7. The Morgan fingerprint density at radius 1 is 1.15 bits per heavy atom. The Bertz CT molecular complexity index is 1990. The van der Waals surface area contributed by atoms with E-state index in [9.17, 15) is 14.9 Å². The van der Waals surface area contributed by atoms with E-state index in [2.05, 4.69) is 11.1 Å². The van der Waals surface area contributed by atoms with Gasteiger partial charge in [0.15, 0.2) is 0 Å². The minimum atomic E-state index is -0.848. The second-order valence-corrected chi connectivity index (χ2v) is 11.4. The lowest BCUT2D eigenvalue weighted by Crippen LogP contribution is -2.31. The van der Waals surface area contributed by atoms with Crippen molar-refractivity contribution >= 4 is 11.6 Å². The maximum Gasteiger partial charge on any atom is 0.347 e. The van der Waals surface area contributed by atoms with Crippen molar-refractivity contribution in [3.8, 4) is 22.9 Å². The fourth-order valence-corrected chi connectivity index (χ4v) is 5.90. The predicted molar refractivity (Wildman–Crippen MR) is 173 cm³/mol. The van der Waals surface area contributed by atoms with Crippen LogP contribution in [0.5, 0.6) is 5.75 Å². The van der Waals surface area contributed by atoms with Crippen molar-refractivity contribution in [2.75, 3.05) is 27.3 Å². The highest BCUT2D eigenvalue weighted by Gasteiger charge is 2.29. The molecule has 1 fully saturated rings. The number of rotatable bonds is 11. The first-order valence-corrected chi connectivity index (χ1v) is 15.4. The highest BCUT2D eigenvalue weighted by molar-refractivity contribution is 5.90. The normalized spacial score (nSPS) is 14.4. The molecule has 1 saturated heterocycles. The molecule has 47 heavy (non-hydrogen) atoms. The smallest absolute Gasteiger partial charge is 0.347 e. The summed E-state index contributed by atoms with van der Waals surface area (Å²) < 4.78 is 34.4.